The van der Waals surface area contributed by atoms with Gasteiger partial charge < -0.3 is 9.84 Å². The molecule has 1 heterocycles. The van der Waals surface area contributed by atoms with Gasteiger partial charge in [-0.15, -0.1) is 0 Å². The summed E-state index contributed by atoms with van der Waals surface area (Å²) >= 11 is 0. The van der Waals surface area contributed by atoms with E-state index in [9.17, 15) is 9.59 Å². The van der Waals surface area contributed by atoms with Gasteiger partial charge in [-0.05, 0) is 13.0 Å². The van der Waals surface area contributed by atoms with Crippen LogP contribution in [-0.2, 0) is 4.74 Å². The molecular formula is C9H10N2O4. The van der Waals surface area contributed by atoms with Gasteiger partial charge >= 0.3 is 12.1 Å². The lowest BCUT2D eigenvalue weighted by Gasteiger charge is -2.04. The van der Waals surface area contributed by atoms with E-state index in [1.165, 1.54) is 18.5 Å². The minimum atomic E-state index is -1.10. The van der Waals surface area contributed by atoms with E-state index < -0.39 is 12.1 Å². The fourth-order valence-electron chi connectivity index (χ4n) is 0.910. The highest BCUT2D eigenvalue weighted by molar-refractivity contribution is 5.90. The number of rotatable bonds is 3. The molecule has 6 nitrogen and oxygen atoms in total. The van der Waals surface area contributed by atoms with Gasteiger partial charge in [0, 0.05) is 6.20 Å². The van der Waals surface area contributed by atoms with Crippen LogP contribution in [0.2, 0.25) is 0 Å². The maximum Gasteiger partial charge on any atom is 0.411 e. The standard InChI is InChI=1S/C9H10N2O4/c1-2-15-9(14)11-7-3-6(8(12)13)4-10-5-7/h3-5H,2H2,1H3,(H,11,14)(H,12,13). The number of nitrogens with zero attached hydrogens (tertiary/aromatic N) is 1. The monoisotopic (exact) mass is 210 g/mol. The second kappa shape index (κ2) is 4.94. The first-order valence-corrected chi connectivity index (χ1v) is 4.25. The smallest absolute Gasteiger partial charge is 0.411 e. The van der Waals surface area contributed by atoms with Gasteiger partial charge in [0.1, 0.15) is 0 Å². The molecule has 0 aromatic carbocycles. The van der Waals surface area contributed by atoms with E-state index >= 15 is 0 Å². The number of amides is 1. The van der Waals surface area contributed by atoms with Crippen molar-refractivity contribution in [2.24, 2.45) is 0 Å². The summed E-state index contributed by atoms with van der Waals surface area (Å²) in [6.45, 7) is 1.92. The Morgan fingerprint density at radius 1 is 1.53 bits per heavy atom. The number of carboxylic acids is 1. The number of aromatic nitrogens is 1. The number of carboxylic acid groups (broad SMARTS) is 1. The Morgan fingerprint density at radius 2 is 2.27 bits per heavy atom. The molecule has 0 saturated heterocycles. The number of aromatic carboxylic acids is 1. The molecule has 0 spiro atoms. The van der Waals surface area contributed by atoms with E-state index in [2.05, 4.69) is 15.0 Å². The first kappa shape index (κ1) is 11.0. The molecule has 0 aliphatic rings. The third-order valence-electron chi connectivity index (χ3n) is 1.51. The highest BCUT2D eigenvalue weighted by Crippen LogP contribution is 2.08. The summed E-state index contributed by atoms with van der Waals surface area (Å²) in [5, 5.41) is 11.0. The van der Waals surface area contributed by atoms with E-state index in [1.54, 1.807) is 6.92 Å². The van der Waals surface area contributed by atoms with Crippen LogP contribution in [0.4, 0.5) is 10.5 Å². The normalized spacial score (nSPS) is 9.40. The van der Waals surface area contributed by atoms with Crippen molar-refractivity contribution in [1.29, 1.82) is 0 Å². The Labute approximate surface area is 85.9 Å². The van der Waals surface area contributed by atoms with E-state index in [0.29, 0.717) is 0 Å². The van der Waals surface area contributed by atoms with Crippen LogP contribution < -0.4 is 5.32 Å². The van der Waals surface area contributed by atoms with Crippen molar-refractivity contribution in [2.75, 3.05) is 11.9 Å². The lowest BCUT2D eigenvalue weighted by Crippen LogP contribution is -2.13. The first-order chi connectivity index (χ1) is 7.13. The SMILES string of the molecule is CCOC(=O)Nc1cncc(C(=O)O)c1. The number of pyridine rings is 1. The second-order valence-corrected chi connectivity index (χ2v) is 2.61. The molecule has 0 radical (unpaired) electrons. The van der Waals surface area contributed by atoms with Crippen molar-refractivity contribution in [1.82, 2.24) is 4.98 Å². The number of anilines is 1. The van der Waals surface area contributed by atoms with Crippen LogP contribution in [0.25, 0.3) is 0 Å². The van der Waals surface area contributed by atoms with Crippen molar-refractivity contribution in [3.63, 3.8) is 0 Å². The third kappa shape index (κ3) is 3.26. The minimum absolute atomic E-state index is 0.00398. The van der Waals surface area contributed by atoms with E-state index in [4.69, 9.17) is 5.11 Å². The van der Waals surface area contributed by atoms with Crippen molar-refractivity contribution < 1.29 is 19.4 Å². The molecule has 0 bridgehead atoms. The summed E-state index contributed by atoms with van der Waals surface area (Å²) in [6, 6.07) is 1.30. The molecule has 0 fully saturated rings. The molecule has 0 atom stereocenters. The molecule has 1 aromatic heterocycles. The molecule has 1 rings (SSSR count). The molecule has 0 aliphatic carbocycles. The number of hydrogen-bond donors (Lipinski definition) is 2. The number of nitrogens with one attached hydrogen (secondary N) is 1. The molecule has 0 saturated carbocycles. The zero-order chi connectivity index (χ0) is 11.3. The van der Waals surface area contributed by atoms with Crippen LogP contribution in [0.5, 0.6) is 0 Å². The van der Waals surface area contributed by atoms with Crippen molar-refractivity contribution in [3.05, 3.63) is 24.0 Å². The summed E-state index contributed by atoms with van der Waals surface area (Å²) in [6.07, 6.45) is 1.89. The fourth-order valence-corrected chi connectivity index (χ4v) is 0.910. The Kier molecular flexibility index (Phi) is 3.61. The first-order valence-electron chi connectivity index (χ1n) is 4.25. The lowest BCUT2D eigenvalue weighted by atomic mass is 10.3. The van der Waals surface area contributed by atoms with Gasteiger partial charge in [-0.1, -0.05) is 0 Å². The highest BCUT2D eigenvalue weighted by atomic mass is 16.5. The predicted molar refractivity (Wildman–Crippen MR) is 51.8 cm³/mol. The Balaban J connectivity index is 2.73. The van der Waals surface area contributed by atoms with Crippen LogP contribution >= 0.6 is 0 Å². The van der Waals surface area contributed by atoms with E-state index in [0.717, 1.165) is 0 Å². The van der Waals surface area contributed by atoms with E-state index in [1.807, 2.05) is 0 Å². The minimum Gasteiger partial charge on any atom is -0.478 e. The molecule has 1 aromatic rings. The summed E-state index contributed by atoms with van der Waals surface area (Å²) in [5.74, 6) is -1.10. The zero-order valence-corrected chi connectivity index (χ0v) is 8.06. The van der Waals surface area contributed by atoms with Crippen molar-refractivity contribution >= 4 is 17.7 Å². The Bertz CT molecular complexity index is 378. The van der Waals surface area contributed by atoms with Gasteiger partial charge in [-0.3, -0.25) is 10.3 Å². The number of hydrogen-bond acceptors (Lipinski definition) is 4. The van der Waals surface area contributed by atoms with Crippen molar-refractivity contribution in [3.8, 4) is 0 Å². The van der Waals surface area contributed by atoms with Gasteiger partial charge in [-0.25, -0.2) is 9.59 Å². The molecule has 6 heteroatoms. The summed E-state index contributed by atoms with van der Waals surface area (Å²) in [7, 11) is 0. The van der Waals surface area contributed by atoms with Gasteiger partial charge in [0.2, 0.25) is 0 Å². The summed E-state index contributed by atoms with van der Waals surface area (Å²) in [5.41, 5.74) is 0.289. The summed E-state index contributed by atoms with van der Waals surface area (Å²) in [4.78, 5) is 25.2. The maximum atomic E-state index is 11.0. The predicted octanol–water partition coefficient (Wildman–Crippen LogP) is 1.35. The van der Waals surface area contributed by atoms with Crippen LogP contribution in [0.1, 0.15) is 17.3 Å². The van der Waals surface area contributed by atoms with Crippen LogP contribution in [0.3, 0.4) is 0 Å². The fraction of sp³-hybridized carbons (Fsp3) is 0.222. The number of carbonyl (C=O) groups is 2. The van der Waals surface area contributed by atoms with E-state index in [-0.39, 0.29) is 17.9 Å². The quantitative estimate of drug-likeness (QED) is 0.786. The molecule has 2 N–H and O–H groups in total. The highest BCUT2D eigenvalue weighted by Gasteiger charge is 2.06. The molecule has 0 aliphatic heterocycles. The number of ether oxygens (including phenoxy) is 1. The van der Waals surface area contributed by atoms with Gasteiger partial charge in [0.25, 0.3) is 0 Å². The van der Waals surface area contributed by atoms with Gasteiger partial charge in [-0.2, -0.15) is 0 Å². The van der Waals surface area contributed by atoms with Crippen molar-refractivity contribution in [2.45, 2.75) is 6.92 Å². The second-order valence-electron chi connectivity index (χ2n) is 2.61. The Hall–Kier alpha value is -2.11. The topological polar surface area (TPSA) is 88.5 Å². The number of carbonyl (C=O) groups excluding carboxylic acids is 1. The molecule has 80 valence electrons. The Morgan fingerprint density at radius 3 is 2.87 bits per heavy atom. The lowest BCUT2D eigenvalue weighted by molar-refractivity contribution is 0.0696. The van der Waals surface area contributed by atoms with Gasteiger partial charge in [0.05, 0.1) is 24.1 Å². The largest absolute Gasteiger partial charge is 0.478 e. The average Bonchev–Trinajstić information content (AvgIpc) is 2.18. The third-order valence-corrected chi connectivity index (χ3v) is 1.51. The molecule has 1 amide bonds. The molecule has 15 heavy (non-hydrogen) atoms. The van der Waals surface area contributed by atoms with Crippen LogP contribution in [0.15, 0.2) is 18.5 Å². The van der Waals surface area contributed by atoms with Crippen LogP contribution in [-0.4, -0.2) is 28.8 Å². The average molecular weight is 210 g/mol. The molecular weight excluding hydrogens is 200 g/mol. The van der Waals surface area contributed by atoms with Gasteiger partial charge in [0.15, 0.2) is 0 Å². The maximum absolute atomic E-state index is 11.0. The van der Waals surface area contributed by atoms with Crippen LogP contribution in [0, 0.1) is 0 Å². The zero-order valence-electron chi connectivity index (χ0n) is 8.06. The summed E-state index contributed by atoms with van der Waals surface area (Å²) < 4.78 is 4.62. The molecule has 0 unspecified atom stereocenters.